The number of carbonyl (C=O) groups is 2. The molecular formula is C13H15ClN2O4. The Bertz CT molecular complexity index is 535. The first kappa shape index (κ1) is 14.5. The lowest BCUT2D eigenvalue weighted by Crippen LogP contribution is -2.42. The average Bonchev–Trinajstić information content (AvgIpc) is 2.88. The summed E-state index contributed by atoms with van der Waals surface area (Å²) in [5, 5.41) is 12.1. The molecule has 108 valence electrons. The highest BCUT2D eigenvalue weighted by atomic mass is 35.5. The molecule has 0 radical (unpaired) electrons. The molecule has 0 aromatic heterocycles. The molecule has 0 aliphatic carbocycles. The van der Waals surface area contributed by atoms with Gasteiger partial charge in [-0.1, -0.05) is 11.6 Å². The van der Waals surface area contributed by atoms with Gasteiger partial charge in [0, 0.05) is 12.2 Å². The molecule has 20 heavy (non-hydrogen) atoms. The maximum Gasteiger partial charge on any atom is 0.326 e. The van der Waals surface area contributed by atoms with Crippen molar-refractivity contribution in [1.29, 1.82) is 0 Å². The molecule has 1 heterocycles. The van der Waals surface area contributed by atoms with E-state index in [1.54, 1.807) is 18.2 Å². The highest BCUT2D eigenvalue weighted by Gasteiger charge is 2.33. The van der Waals surface area contributed by atoms with Crippen molar-refractivity contribution in [3.05, 3.63) is 23.2 Å². The third kappa shape index (κ3) is 2.96. The second kappa shape index (κ2) is 6.00. The minimum atomic E-state index is -0.981. The first-order chi connectivity index (χ1) is 9.52. The predicted molar refractivity (Wildman–Crippen MR) is 74.4 cm³/mol. The van der Waals surface area contributed by atoms with Crippen molar-refractivity contribution in [2.45, 2.75) is 18.9 Å². The summed E-state index contributed by atoms with van der Waals surface area (Å²) in [6, 6.07) is 3.65. The minimum absolute atomic E-state index is 0.376. The van der Waals surface area contributed by atoms with Crippen LogP contribution in [0.1, 0.15) is 12.8 Å². The van der Waals surface area contributed by atoms with Crippen molar-refractivity contribution >= 4 is 29.3 Å². The second-order valence-corrected chi connectivity index (χ2v) is 4.88. The van der Waals surface area contributed by atoms with Gasteiger partial charge in [-0.25, -0.2) is 9.59 Å². The van der Waals surface area contributed by atoms with Gasteiger partial charge in [-0.2, -0.15) is 0 Å². The number of methoxy groups -OCH3 is 1. The van der Waals surface area contributed by atoms with Crippen LogP contribution in [0.25, 0.3) is 0 Å². The lowest BCUT2D eigenvalue weighted by Gasteiger charge is -2.21. The van der Waals surface area contributed by atoms with E-state index >= 15 is 0 Å². The molecule has 0 saturated carbocycles. The number of anilines is 1. The zero-order chi connectivity index (χ0) is 14.7. The molecule has 2 amide bonds. The van der Waals surface area contributed by atoms with E-state index in [4.69, 9.17) is 21.4 Å². The molecule has 1 unspecified atom stereocenters. The number of carbonyl (C=O) groups excluding carboxylic acids is 1. The monoisotopic (exact) mass is 298 g/mol. The molecule has 1 aromatic carbocycles. The lowest BCUT2D eigenvalue weighted by molar-refractivity contribution is -0.141. The quantitative estimate of drug-likeness (QED) is 0.898. The van der Waals surface area contributed by atoms with Crippen LogP contribution in [-0.4, -0.2) is 41.7 Å². The number of carboxylic acids is 1. The Morgan fingerprint density at radius 3 is 2.85 bits per heavy atom. The SMILES string of the molecule is COc1ccc(NC(=O)N2CCCC2C(=O)O)cc1Cl. The molecule has 1 atom stereocenters. The van der Waals surface area contributed by atoms with Crippen LogP contribution in [0, 0.1) is 0 Å². The number of urea groups is 1. The first-order valence-corrected chi connectivity index (χ1v) is 6.54. The van der Waals surface area contributed by atoms with Gasteiger partial charge in [0.1, 0.15) is 11.8 Å². The van der Waals surface area contributed by atoms with E-state index in [9.17, 15) is 9.59 Å². The van der Waals surface area contributed by atoms with Gasteiger partial charge >= 0.3 is 12.0 Å². The molecule has 0 bridgehead atoms. The molecule has 1 aromatic rings. The van der Waals surface area contributed by atoms with Crippen LogP contribution in [0.15, 0.2) is 18.2 Å². The number of ether oxygens (including phenoxy) is 1. The molecular weight excluding hydrogens is 284 g/mol. The summed E-state index contributed by atoms with van der Waals surface area (Å²) in [6.45, 7) is 0.437. The molecule has 1 aliphatic rings. The number of benzene rings is 1. The standard InChI is InChI=1S/C13H15ClN2O4/c1-20-11-5-4-8(7-9(11)14)15-13(19)16-6-2-3-10(16)12(17)18/h4-5,7,10H,2-3,6H2,1H3,(H,15,19)(H,17,18). The third-order valence-electron chi connectivity index (χ3n) is 3.20. The Balaban J connectivity index is 2.08. The van der Waals surface area contributed by atoms with Gasteiger partial charge < -0.3 is 20.1 Å². The summed E-state index contributed by atoms with van der Waals surface area (Å²) in [5.74, 6) is -0.473. The van der Waals surface area contributed by atoms with Crippen LogP contribution in [0.5, 0.6) is 5.75 Å². The van der Waals surface area contributed by atoms with Crippen LogP contribution >= 0.6 is 11.6 Å². The number of nitrogens with zero attached hydrogens (tertiary/aromatic N) is 1. The lowest BCUT2D eigenvalue weighted by atomic mass is 10.2. The maximum absolute atomic E-state index is 12.1. The van der Waals surface area contributed by atoms with E-state index in [0.717, 1.165) is 0 Å². The number of carboxylic acid groups (broad SMARTS) is 1. The van der Waals surface area contributed by atoms with Crippen molar-refractivity contribution < 1.29 is 19.4 Å². The summed E-state index contributed by atoms with van der Waals surface area (Å²) < 4.78 is 5.02. The topological polar surface area (TPSA) is 78.9 Å². The first-order valence-electron chi connectivity index (χ1n) is 6.17. The van der Waals surface area contributed by atoms with Crippen LogP contribution in [0.4, 0.5) is 10.5 Å². The van der Waals surface area contributed by atoms with E-state index in [1.807, 2.05) is 0 Å². The number of hydrogen-bond donors (Lipinski definition) is 2. The largest absolute Gasteiger partial charge is 0.495 e. The Morgan fingerprint density at radius 2 is 2.25 bits per heavy atom. The van der Waals surface area contributed by atoms with Crippen molar-refractivity contribution in [1.82, 2.24) is 4.90 Å². The predicted octanol–water partition coefficient (Wildman–Crippen LogP) is 2.43. The number of rotatable bonds is 3. The Hall–Kier alpha value is -1.95. The van der Waals surface area contributed by atoms with Gasteiger partial charge in [-0.05, 0) is 31.0 Å². The summed E-state index contributed by atoms with van der Waals surface area (Å²) in [6.07, 6.45) is 1.17. The van der Waals surface area contributed by atoms with E-state index < -0.39 is 18.0 Å². The number of nitrogens with one attached hydrogen (secondary N) is 1. The van der Waals surface area contributed by atoms with Gasteiger partial charge in [0.15, 0.2) is 0 Å². The zero-order valence-corrected chi connectivity index (χ0v) is 11.7. The van der Waals surface area contributed by atoms with Gasteiger partial charge in [-0.3, -0.25) is 0 Å². The van der Waals surface area contributed by atoms with Crippen LogP contribution in [0.3, 0.4) is 0 Å². The smallest absolute Gasteiger partial charge is 0.326 e. The van der Waals surface area contributed by atoms with Crippen LogP contribution < -0.4 is 10.1 Å². The zero-order valence-electron chi connectivity index (χ0n) is 10.9. The number of halogens is 1. The molecule has 7 heteroatoms. The number of likely N-dealkylation sites (tertiary alicyclic amines) is 1. The van der Waals surface area contributed by atoms with Gasteiger partial charge in [0.25, 0.3) is 0 Å². The van der Waals surface area contributed by atoms with E-state index in [1.165, 1.54) is 12.0 Å². The number of aliphatic carboxylic acids is 1. The summed E-state index contributed by atoms with van der Waals surface area (Å²) >= 11 is 5.97. The van der Waals surface area contributed by atoms with Gasteiger partial charge in [0.05, 0.1) is 12.1 Å². The molecule has 1 aliphatic heterocycles. The third-order valence-corrected chi connectivity index (χ3v) is 3.50. The molecule has 6 nitrogen and oxygen atoms in total. The fraction of sp³-hybridized carbons (Fsp3) is 0.385. The number of hydrogen-bond acceptors (Lipinski definition) is 3. The second-order valence-electron chi connectivity index (χ2n) is 4.47. The molecule has 1 saturated heterocycles. The summed E-state index contributed by atoms with van der Waals surface area (Å²) in [5.41, 5.74) is 0.497. The van der Waals surface area contributed by atoms with E-state index in [0.29, 0.717) is 35.8 Å². The Morgan fingerprint density at radius 1 is 1.50 bits per heavy atom. The minimum Gasteiger partial charge on any atom is -0.495 e. The summed E-state index contributed by atoms with van der Waals surface area (Å²) in [4.78, 5) is 24.4. The highest BCUT2D eigenvalue weighted by molar-refractivity contribution is 6.32. The van der Waals surface area contributed by atoms with Crippen molar-refractivity contribution in [2.24, 2.45) is 0 Å². The number of amides is 2. The molecule has 2 rings (SSSR count). The molecule has 1 fully saturated rings. The van der Waals surface area contributed by atoms with E-state index in [2.05, 4.69) is 5.32 Å². The maximum atomic E-state index is 12.1. The fourth-order valence-electron chi connectivity index (χ4n) is 2.21. The van der Waals surface area contributed by atoms with Crippen molar-refractivity contribution in [2.75, 3.05) is 19.0 Å². The van der Waals surface area contributed by atoms with Crippen molar-refractivity contribution in [3.63, 3.8) is 0 Å². The van der Waals surface area contributed by atoms with Gasteiger partial charge in [-0.15, -0.1) is 0 Å². The van der Waals surface area contributed by atoms with Crippen molar-refractivity contribution in [3.8, 4) is 5.75 Å². The average molecular weight is 299 g/mol. The Labute approximate surface area is 121 Å². The van der Waals surface area contributed by atoms with Gasteiger partial charge in [0.2, 0.25) is 0 Å². The molecule has 0 spiro atoms. The highest BCUT2D eigenvalue weighted by Crippen LogP contribution is 2.27. The fourth-order valence-corrected chi connectivity index (χ4v) is 2.46. The van der Waals surface area contributed by atoms with Crippen LogP contribution in [0.2, 0.25) is 5.02 Å². The summed E-state index contributed by atoms with van der Waals surface area (Å²) in [7, 11) is 1.50. The molecule has 2 N–H and O–H groups in total. The van der Waals surface area contributed by atoms with Crippen LogP contribution in [-0.2, 0) is 4.79 Å². The van der Waals surface area contributed by atoms with E-state index in [-0.39, 0.29) is 0 Å². The Kier molecular flexibility index (Phi) is 4.34. The normalized spacial score (nSPS) is 17.9.